The minimum Gasteiger partial charge on any atom is -0.494 e. The largest absolute Gasteiger partial charge is 0.494 e. The first-order valence-electron chi connectivity index (χ1n) is 6.94. The van der Waals surface area contributed by atoms with Gasteiger partial charge in [-0.2, -0.15) is 0 Å². The van der Waals surface area contributed by atoms with Crippen molar-refractivity contribution in [3.8, 4) is 5.75 Å². The van der Waals surface area contributed by atoms with E-state index < -0.39 is 5.82 Å². The summed E-state index contributed by atoms with van der Waals surface area (Å²) in [5, 5.41) is 0. The zero-order valence-electron chi connectivity index (χ0n) is 12.3. The van der Waals surface area contributed by atoms with E-state index in [0.29, 0.717) is 12.1 Å². The van der Waals surface area contributed by atoms with Crippen LogP contribution in [0.1, 0.15) is 36.5 Å². The van der Waals surface area contributed by atoms with E-state index in [-0.39, 0.29) is 36.1 Å². The van der Waals surface area contributed by atoms with E-state index in [1.165, 1.54) is 19.2 Å². The third-order valence-electron chi connectivity index (χ3n) is 3.82. The second-order valence-electron chi connectivity index (χ2n) is 5.27. The van der Waals surface area contributed by atoms with Gasteiger partial charge in [0.05, 0.1) is 7.11 Å². The smallest absolute Gasteiger partial charge is 0.254 e. The number of benzene rings is 1. The lowest BCUT2D eigenvalue weighted by molar-refractivity contribution is 0.0583. The van der Waals surface area contributed by atoms with Gasteiger partial charge in [-0.05, 0) is 44.4 Å². The first-order chi connectivity index (χ1) is 9.54. The van der Waals surface area contributed by atoms with Crippen LogP contribution in [-0.2, 0) is 0 Å². The number of hydrogen-bond donors (Lipinski definition) is 1. The SMILES string of the molecule is COc1ccc(C(=O)N2CCCCC2C(C)N)cc1F.Cl. The Balaban J connectivity index is 0.00000220. The molecule has 1 fully saturated rings. The number of piperidine rings is 1. The third-order valence-corrected chi connectivity index (χ3v) is 3.82. The van der Waals surface area contributed by atoms with Crippen LogP contribution in [0, 0.1) is 5.82 Å². The molecule has 2 unspecified atom stereocenters. The van der Waals surface area contributed by atoms with Gasteiger partial charge in [-0.3, -0.25) is 4.79 Å². The molecule has 1 heterocycles. The summed E-state index contributed by atoms with van der Waals surface area (Å²) in [7, 11) is 1.40. The van der Waals surface area contributed by atoms with Crippen LogP contribution in [-0.4, -0.2) is 36.5 Å². The van der Waals surface area contributed by atoms with Crippen molar-refractivity contribution >= 4 is 18.3 Å². The number of amides is 1. The maximum atomic E-state index is 13.7. The number of methoxy groups -OCH3 is 1. The van der Waals surface area contributed by atoms with E-state index in [4.69, 9.17) is 10.5 Å². The Labute approximate surface area is 130 Å². The number of carbonyl (C=O) groups is 1. The summed E-state index contributed by atoms with van der Waals surface area (Å²) in [6, 6.07) is 4.25. The van der Waals surface area contributed by atoms with Crippen molar-refractivity contribution in [2.75, 3.05) is 13.7 Å². The number of nitrogens with zero attached hydrogens (tertiary/aromatic N) is 1. The predicted octanol–water partition coefficient (Wildman–Crippen LogP) is 2.60. The van der Waals surface area contributed by atoms with Crippen LogP contribution in [0.2, 0.25) is 0 Å². The van der Waals surface area contributed by atoms with E-state index in [2.05, 4.69) is 0 Å². The Morgan fingerprint density at radius 1 is 1.48 bits per heavy atom. The second kappa shape index (κ2) is 7.61. The van der Waals surface area contributed by atoms with Crippen molar-refractivity contribution in [2.45, 2.75) is 38.3 Å². The van der Waals surface area contributed by atoms with Crippen molar-refractivity contribution in [1.29, 1.82) is 0 Å². The molecule has 118 valence electrons. The number of carbonyl (C=O) groups excluding carboxylic acids is 1. The Hall–Kier alpha value is -1.33. The molecular weight excluding hydrogens is 295 g/mol. The van der Waals surface area contributed by atoms with E-state index in [0.717, 1.165) is 19.3 Å². The van der Waals surface area contributed by atoms with E-state index >= 15 is 0 Å². The summed E-state index contributed by atoms with van der Waals surface area (Å²) in [5.41, 5.74) is 6.30. The molecule has 2 rings (SSSR count). The molecule has 1 aromatic carbocycles. The minimum absolute atomic E-state index is 0. The Bertz CT molecular complexity index is 497. The molecule has 0 spiro atoms. The second-order valence-corrected chi connectivity index (χ2v) is 5.27. The predicted molar refractivity (Wildman–Crippen MR) is 82.5 cm³/mol. The van der Waals surface area contributed by atoms with E-state index in [1.54, 1.807) is 11.0 Å². The topological polar surface area (TPSA) is 55.6 Å². The van der Waals surface area contributed by atoms with Crippen LogP contribution in [0.5, 0.6) is 5.75 Å². The van der Waals surface area contributed by atoms with Gasteiger partial charge in [0.2, 0.25) is 0 Å². The summed E-state index contributed by atoms with van der Waals surface area (Å²) in [6.07, 6.45) is 2.95. The van der Waals surface area contributed by atoms with Gasteiger partial charge in [-0.25, -0.2) is 4.39 Å². The molecule has 0 radical (unpaired) electrons. The normalized spacial score (nSPS) is 19.6. The summed E-state index contributed by atoms with van der Waals surface area (Å²) < 4.78 is 18.6. The van der Waals surface area contributed by atoms with Crippen LogP contribution in [0.15, 0.2) is 18.2 Å². The van der Waals surface area contributed by atoms with Crippen molar-refractivity contribution in [2.24, 2.45) is 5.73 Å². The standard InChI is InChI=1S/C15H21FN2O2.ClH/c1-10(17)13-5-3-4-8-18(13)15(19)11-6-7-14(20-2)12(16)9-11;/h6-7,9-10,13H,3-5,8,17H2,1-2H3;1H. The highest BCUT2D eigenvalue weighted by atomic mass is 35.5. The van der Waals surface area contributed by atoms with Crippen LogP contribution in [0.25, 0.3) is 0 Å². The van der Waals surface area contributed by atoms with Crippen molar-refractivity contribution in [3.63, 3.8) is 0 Å². The lowest BCUT2D eigenvalue weighted by Gasteiger charge is -2.38. The Morgan fingerprint density at radius 2 is 2.19 bits per heavy atom. The molecule has 6 heteroatoms. The average molecular weight is 317 g/mol. The summed E-state index contributed by atoms with van der Waals surface area (Å²) in [4.78, 5) is 14.3. The fourth-order valence-electron chi connectivity index (χ4n) is 2.72. The van der Waals surface area contributed by atoms with Crippen molar-refractivity contribution in [3.05, 3.63) is 29.6 Å². The number of hydrogen-bond acceptors (Lipinski definition) is 3. The molecule has 0 saturated carbocycles. The number of rotatable bonds is 3. The van der Waals surface area contributed by atoms with Crippen molar-refractivity contribution < 1.29 is 13.9 Å². The van der Waals surface area contributed by atoms with Gasteiger partial charge >= 0.3 is 0 Å². The molecular formula is C15H22ClFN2O2. The van der Waals surface area contributed by atoms with Crippen molar-refractivity contribution in [1.82, 2.24) is 4.90 Å². The Morgan fingerprint density at radius 3 is 2.76 bits per heavy atom. The molecule has 2 atom stereocenters. The number of nitrogens with two attached hydrogens (primary N) is 1. The molecule has 0 aromatic heterocycles. The van der Waals surface area contributed by atoms with Gasteiger partial charge in [0.25, 0.3) is 5.91 Å². The van der Waals surface area contributed by atoms with E-state index in [1.807, 2.05) is 6.92 Å². The van der Waals surface area contributed by atoms with Gasteiger partial charge in [0.1, 0.15) is 0 Å². The van der Waals surface area contributed by atoms with Gasteiger partial charge in [0.15, 0.2) is 11.6 Å². The fourth-order valence-corrected chi connectivity index (χ4v) is 2.72. The van der Waals surface area contributed by atoms with E-state index in [9.17, 15) is 9.18 Å². The lowest BCUT2D eigenvalue weighted by Crippen LogP contribution is -2.51. The number of ether oxygens (including phenoxy) is 1. The zero-order chi connectivity index (χ0) is 14.7. The number of likely N-dealkylation sites (tertiary alicyclic amines) is 1. The fraction of sp³-hybridized carbons (Fsp3) is 0.533. The maximum Gasteiger partial charge on any atom is 0.254 e. The quantitative estimate of drug-likeness (QED) is 0.932. The van der Waals surface area contributed by atoms with Crippen LogP contribution >= 0.6 is 12.4 Å². The maximum absolute atomic E-state index is 13.7. The number of halogens is 2. The first kappa shape index (κ1) is 17.7. The molecule has 0 bridgehead atoms. The molecule has 4 nitrogen and oxygen atoms in total. The third kappa shape index (κ3) is 3.86. The summed E-state index contributed by atoms with van der Waals surface area (Å²) in [5.74, 6) is -0.537. The van der Waals surface area contributed by atoms with Crippen LogP contribution in [0.3, 0.4) is 0 Å². The highest BCUT2D eigenvalue weighted by Gasteiger charge is 2.30. The summed E-state index contributed by atoms with van der Waals surface area (Å²) in [6.45, 7) is 2.59. The highest BCUT2D eigenvalue weighted by Crippen LogP contribution is 2.23. The first-order valence-corrected chi connectivity index (χ1v) is 6.94. The Kier molecular flexibility index (Phi) is 6.42. The molecule has 1 saturated heterocycles. The van der Waals surface area contributed by atoms with Gasteiger partial charge in [-0.1, -0.05) is 0 Å². The molecule has 1 aliphatic rings. The molecule has 1 aromatic rings. The molecule has 21 heavy (non-hydrogen) atoms. The van der Waals surface area contributed by atoms with Crippen LogP contribution in [0.4, 0.5) is 4.39 Å². The zero-order valence-corrected chi connectivity index (χ0v) is 13.2. The summed E-state index contributed by atoms with van der Waals surface area (Å²) >= 11 is 0. The van der Waals surface area contributed by atoms with Gasteiger partial charge in [-0.15, -0.1) is 12.4 Å². The molecule has 2 N–H and O–H groups in total. The molecule has 0 aliphatic carbocycles. The van der Waals surface area contributed by atoms with Gasteiger partial charge < -0.3 is 15.4 Å². The average Bonchev–Trinajstić information content (AvgIpc) is 2.46. The minimum atomic E-state index is -0.521. The monoisotopic (exact) mass is 316 g/mol. The lowest BCUT2D eigenvalue weighted by atomic mass is 9.96. The highest BCUT2D eigenvalue weighted by molar-refractivity contribution is 5.94. The van der Waals surface area contributed by atoms with Gasteiger partial charge in [0, 0.05) is 24.2 Å². The molecule has 1 amide bonds. The molecule has 1 aliphatic heterocycles. The van der Waals surface area contributed by atoms with Crippen LogP contribution < -0.4 is 10.5 Å².